The van der Waals surface area contributed by atoms with Gasteiger partial charge in [-0.2, -0.15) is 0 Å². The SMILES string of the molecule is COc1ccc(C(=O)N2c3ccccc3[C@H](Nc3ccc([N+](=O)[O-])cc3)C[C@@H]2C)cc1. The van der Waals surface area contributed by atoms with Crippen molar-refractivity contribution in [1.82, 2.24) is 0 Å². The van der Waals surface area contributed by atoms with Gasteiger partial charge in [0.05, 0.1) is 18.1 Å². The first-order valence-electron chi connectivity index (χ1n) is 10.1. The summed E-state index contributed by atoms with van der Waals surface area (Å²) in [5, 5.41) is 14.4. The van der Waals surface area contributed by atoms with Gasteiger partial charge in [0.25, 0.3) is 11.6 Å². The Hall–Kier alpha value is -3.87. The standard InChI is InChI=1S/C24H23N3O4/c1-16-15-22(25-18-9-11-19(12-10-18)27(29)30)21-5-3-4-6-23(21)26(16)24(28)17-7-13-20(31-2)14-8-17/h3-14,16,22,25H,15H2,1-2H3/t16-,22+/m0/s1. The minimum absolute atomic E-state index is 0.0208. The minimum Gasteiger partial charge on any atom is -0.497 e. The molecule has 0 aromatic heterocycles. The fourth-order valence-electron chi connectivity index (χ4n) is 4.01. The molecule has 0 unspecified atom stereocenters. The van der Waals surface area contributed by atoms with Crippen LogP contribution in [0.4, 0.5) is 17.1 Å². The van der Waals surface area contributed by atoms with Crippen molar-refractivity contribution in [3.8, 4) is 5.75 Å². The van der Waals surface area contributed by atoms with E-state index in [1.807, 2.05) is 36.1 Å². The zero-order valence-corrected chi connectivity index (χ0v) is 17.3. The van der Waals surface area contributed by atoms with Gasteiger partial charge in [0, 0.05) is 35.1 Å². The number of non-ortho nitro benzene ring substituents is 1. The Kier molecular flexibility index (Phi) is 5.58. The predicted molar refractivity (Wildman–Crippen MR) is 120 cm³/mol. The summed E-state index contributed by atoms with van der Waals surface area (Å²) in [5.41, 5.74) is 3.33. The summed E-state index contributed by atoms with van der Waals surface area (Å²) in [7, 11) is 1.60. The van der Waals surface area contributed by atoms with Crippen LogP contribution in [-0.2, 0) is 0 Å². The molecule has 0 saturated carbocycles. The van der Waals surface area contributed by atoms with Gasteiger partial charge in [0.1, 0.15) is 5.75 Å². The maximum absolute atomic E-state index is 13.3. The molecule has 1 N–H and O–H groups in total. The molecule has 0 bridgehead atoms. The third-order valence-electron chi connectivity index (χ3n) is 5.56. The molecular weight excluding hydrogens is 394 g/mol. The number of fused-ring (bicyclic) bond motifs is 1. The van der Waals surface area contributed by atoms with Crippen molar-refractivity contribution in [3.63, 3.8) is 0 Å². The van der Waals surface area contributed by atoms with Crippen molar-refractivity contribution in [2.45, 2.75) is 25.4 Å². The summed E-state index contributed by atoms with van der Waals surface area (Å²) in [6.07, 6.45) is 0.704. The first-order chi connectivity index (χ1) is 15.0. The number of rotatable bonds is 5. The monoisotopic (exact) mass is 417 g/mol. The lowest BCUT2D eigenvalue weighted by atomic mass is 9.90. The smallest absolute Gasteiger partial charge is 0.269 e. The average molecular weight is 417 g/mol. The summed E-state index contributed by atoms with van der Waals surface area (Å²) in [6.45, 7) is 2.03. The number of anilines is 2. The minimum atomic E-state index is -0.412. The molecule has 1 heterocycles. The van der Waals surface area contributed by atoms with Crippen LogP contribution in [0.15, 0.2) is 72.8 Å². The van der Waals surface area contributed by atoms with Crippen LogP contribution in [0.5, 0.6) is 5.75 Å². The highest BCUT2D eigenvalue weighted by atomic mass is 16.6. The normalized spacial score (nSPS) is 17.5. The summed E-state index contributed by atoms with van der Waals surface area (Å²) in [6, 6.07) is 21.3. The highest BCUT2D eigenvalue weighted by Crippen LogP contribution is 2.39. The van der Waals surface area contributed by atoms with E-state index in [0.717, 1.165) is 16.9 Å². The van der Waals surface area contributed by atoms with Gasteiger partial charge in [-0.3, -0.25) is 14.9 Å². The molecule has 0 fully saturated rings. The van der Waals surface area contributed by atoms with Gasteiger partial charge in [-0.15, -0.1) is 0 Å². The van der Waals surface area contributed by atoms with Crippen molar-refractivity contribution in [1.29, 1.82) is 0 Å². The molecule has 3 aromatic rings. The first kappa shape index (κ1) is 20.4. The fourth-order valence-corrected chi connectivity index (χ4v) is 4.01. The van der Waals surface area contributed by atoms with Crippen LogP contribution in [0.1, 0.15) is 35.3 Å². The van der Waals surface area contributed by atoms with E-state index in [1.54, 1.807) is 43.5 Å². The van der Waals surface area contributed by atoms with Gasteiger partial charge >= 0.3 is 0 Å². The number of hydrogen-bond donors (Lipinski definition) is 1. The van der Waals surface area contributed by atoms with Crippen LogP contribution in [-0.4, -0.2) is 24.0 Å². The molecule has 0 aliphatic carbocycles. The summed E-state index contributed by atoms with van der Waals surface area (Å²) >= 11 is 0. The Morgan fingerprint density at radius 3 is 2.39 bits per heavy atom. The van der Waals surface area contributed by atoms with Gasteiger partial charge in [-0.1, -0.05) is 18.2 Å². The number of nitrogens with zero attached hydrogens (tertiary/aromatic N) is 2. The fraction of sp³-hybridized carbons (Fsp3) is 0.208. The number of carbonyl (C=O) groups excluding carboxylic acids is 1. The second-order valence-corrected chi connectivity index (χ2v) is 7.55. The van der Waals surface area contributed by atoms with E-state index in [0.29, 0.717) is 17.7 Å². The Morgan fingerprint density at radius 2 is 1.74 bits per heavy atom. The molecule has 31 heavy (non-hydrogen) atoms. The second kappa shape index (κ2) is 8.47. The van der Waals surface area contributed by atoms with Gasteiger partial charge in [0.2, 0.25) is 0 Å². The lowest BCUT2D eigenvalue weighted by Crippen LogP contribution is -2.44. The number of benzene rings is 3. The average Bonchev–Trinajstić information content (AvgIpc) is 2.79. The first-order valence-corrected chi connectivity index (χ1v) is 10.1. The Morgan fingerprint density at radius 1 is 1.06 bits per heavy atom. The van der Waals surface area contributed by atoms with E-state index in [9.17, 15) is 14.9 Å². The molecule has 1 aliphatic heterocycles. The molecule has 0 saturated heterocycles. The predicted octanol–water partition coefficient (Wildman–Crippen LogP) is 5.20. The number of hydrogen-bond acceptors (Lipinski definition) is 5. The number of para-hydroxylation sites is 1. The van der Waals surface area contributed by atoms with Crippen molar-refractivity contribution in [3.05, 3.63) is 94.0 Å². The Labute approximate surface area is 180 Å². The maximum atomic E-state index is 13.3. The highest BCUT2D eigenvalue weighted by Gasteiger charge is 2.34. The molecule has 0 radical (unpaired) electrons. The molecule has 2 atom stereocenters. The van der Waals surface area contributed by atoms with Crippen molar-refractivity contribution >= 4 is 23.0 Å². The van der Waals surface area contributed by atoms with Crippen LogP contribution in [0.3, 0.4) is 0 Å². The van der Waals surface area contributed by atoms with E-state index in [2.05, 4.69) is 5.32 Å². The molecule has 1 amide bonds. The third-order valence-corrected chi connectivity index (χ3v) is 5.56. The Balaban J connectivity index is 1.62. The molecule has 1 aliphatic rings. The van der Waals surface area contributed by atoms with E-state index >= 15 is 0 Å². The van der Waals surface area contributed by atoms with Crippen LogP contribution in [0, 0.1) is 10.1 Å². The van der Waals surface area contributed by atoms with Gasteiger partial charge in [-0.05, 0) is 61.4 Å². The molecule has 7 nitrogen and oxygen atoms in total. The molecule has 7 heteroatoms. The van der Waals surface area contributed by atoms with Crippen molar-refractivity contribution < 1.29 is 14.5 Å². The van der Waals surface area contributed by atoms with Crippen LogP contribution < -0.4 is 15.0 Å². The number of nitro groups is 1. The molecule has 0 spiro atoms. The lowest BCUT2D eigenvalue weighted by molar-refractivity contribution is -0.384. The van der Waals surface area contributed by atoms with E-state index in [-0.39, 0.29) is 23.7 Å². The Bertz CT molecular complexity index is 1100. The number of methoxy groups -OCH3 is 1. The number of carbonyl (C=O) groups is 1. The van der Waals surface area contributed by atoms with Gasteiger partial charge in [-0.25, -0.2) is 0 Å². The van der Waals surface area contributed by atoms with E-state index < -0.39 is 4.92 Å². The number of nitrogens with one attached hydrogen (secondary N) is 1. The number of ether oxygens (including phenoxy) is 1. The maximum Gasteiger partial charge on any atom is 0.269 e. The quantitative estimate of drug-likeness (QED) is 0.456. The number of amides is 1. The summed E-state index contributed by atoms with van der Waals surface area (Å²) in [4.78, 5) is 25.7. The van der Waals surface area contributed by atoms with Crippen molar-refractivity contribution in [2.75, 3.05) is 17.3 Å². The molecular formula is C24H23N3O4. The van der Waals surface area contributed by atoms with Crippen LogP contribution in [0.2, 0.25) is 0 Å². The largest absolute Gasteiger partial charge is 0.497 e. The zero-order chi connectivity index (χ0) is 22.0. The lowest BCUT2D eigenvalue weighted by Gasteiger charge is -2.40. The van der Waals surface area contributed by atoms with Crippen LogP contribution >= 0.6 is 0 Å². The molecule has 158 valence electrons. The van der Waals surface area contributed by atoms with Crippen LogP contribution in [0.25, 0.3) is 0 Å². The molecule has 3 aromatic carbocycles. The summed E-state index contributed by atoms with van der Waals surface area (Å²) in [5.74, 6) is 0.646. The van der Waals surface area contributed by atoms with E-state index in [1.165, 1.54) is 12.1 Å². The molecule has 4 rings (SSSR count). The topological polar surface area (TPSA) is 84.7 Å². The van der Waals surface area contributed by atoms with Gasteiger partial charge < -0.3 is 15.0 Å². The second-order valence-electron chi connectivity index (χ2n) is 7.55. The van der Waals surface area contributed by atoms with Gasteiger partial charge in [0.15, 0.2) is 0 Å². The number of nitro benzene ring substituents is 1. The van der Waals surface area contributed by atoms with Crippen molar-refractivity contribution in [2.24, 2.45) is 0 Å². The third kappa shape index (κ3) is 4.07. The highest BCUT2D eigenvalue weighted by molar-refractivity contribution is 6.07. The zero-order valence-electron chi connectivity index (χ0n) is 17.3. The summed E-state index contributed by atoms with van der Waals surface area (Å²) < 4.78 is 5.19. The van der Waals surface area contributed by atoms with E-state index in [4.69, 9.17) is 4.74 Å².